The van der Waals surface area contributed by atoms with Gasteiger partial charge in [0.2, 0.25) is 0 Å². The minimum Gasteiger partial charge on any atom is -0.496 e. The van der Waals surface area contributed by atoms with E-state index in [-0.39, 0.29) is 0 Å². The first-order chi connectivity index (χ1) is 8.14. The van der Waals surface area contributed by atoms with Crippen molar-refractivity contribution in [1.82, 2.24) is 5.32 Å². The van der Waals surface area contributed by atoms with E-state index in [0.29, 0.717) is 17.4 Å². The fourth-order valence-corrected chi connectivity index (χ4v) is 3.69. The van der Waals surface area contributed by atoms with Crippen LogP contribution in [0.25, 0.3) is 0 Å². The number of hydrogen-bond acceptors (Lipinski definition) is 2. The van der Waals surface area contributed by atoms with E-state index < -0.39 is 0 Å². The van der Waals surface area contributed by atoms with Crippen LogP contribution in [0.15, 0.2) is 18.2 Å². The molecule has 3 rings (SSSR count). The summed E-state index contributed by atoms with van der Waals surface area (Å²) in [5.41, 5.74) is 3.31. The Morgan fingerprint density at radius 3 is 2.94 bits per heavy atom. The van der Waals surface area contributed by atoms with E-state index in [2.05, 4.69) is 37.4 Å². The number of benzene rings is 1. The van der Waals surface area contributed by atoms with Crippen LogP contribution in [0.2, 0.25) is 0 Å². The van der Waals surface area contributed by atoms with Crippen LogP contribution >= 0.6 is 0 Å². The number of nitrogens with one attached hydrogen (secondary N) is 1. The summed E-state index contributed by atoms with van der Waals surface area (Å²) in [4.78, 5) is 0. The average Bonchev–Trinajstić information content (AvgIpc) is 2.28. The summed E-state index contributed by atoms with van der Waals surface area (Å²) in [5, 5.41) is 3.68. The fourth-order valence-electron chi connectivity index (χ4n) is 3.69. The molecule has 0 saturated carbocycles. The maximum absolute atomic E-state index is 5.52. The highest BCUT2D eigenvalue weighted by Gasteiger charge is 2.45. The lowest BCUT2D eigenvalue weighted by Gasteiger charge is -2.50. The van der Waals surface area contributed by atoms with E-state index in [9.17, 15) is 0 Å². The molecule has 0 spiro atoms. The van der Waals surface area contributed by atoms with Gasteiger partial charge in [-0.25, -0.2) is 0 Å². The van der Waals surface area contributed by atoms with Crippen molar-refractivity contribution in [2.24, 2.45) is 5.41 Å². The molecule has 1 fully saturated rings. The van der Waals surface area contributed by atoms with Gasteiger partial charge in [-0.1, -0.05) is 26.0 Å². The number of piperidine rings is 1. The van der Waals surface area contributed by atoms with Crippen molar-refractivity contribution in [3.05, 3.63) is 29.3 Å². The van der Waals surface area contributed by atoms with Crippen LogP contribution in [0, 0.1) is 5.41 Å². The molecule has 1 heterocycles. The van der Waals surface area contributed by atoms with E-state index in [1.165, 1.54) is 17.5 Å². The van der Waals surface area contributed by atoms with Crippen LogP contribution in [0.5, 0.6) is 5.75 Å². The highest BCUT2D eigenvalue weighted by atomic mass is 16.5. The molecule has 1 aromatic rings. The average molecular weight is 231 g/mol. The molecule has 1 aliphatic carbocycles. The third kappa shape index (κ3) is 1.50. The van der Waals surface area contributed by atoms with Gasteiger partial charge in [-0.15, -0.1) is 0 Å². The summed E-state index contributed by atoms with van der Waals surface area (Å²) in [6.07, 6.45) is 2.34. The van der Waals surface area contributed by atoms with Crippen molar-refractivity contribution in [3.63, 3.8) is 0 Å². The van der Waals surface area contributed by atoms with Gasteiger partial charge in [0.1, 0.15) is 5.75 Å². The highest BCUT2D eigenvalue weighted by molar-refractivity contribution is 5.46. The number of rotatable bonds is 1. The molecule has 0 amide bonds. The maximum atomic E-state index is 5.52. The molecule has 1 saturated heterocycles. The lowest BCUT2D eigenvalue weighted by Crippen LogP contribution is -2.54. The van der Waals surface area contributed by atoms with Gasteiger partial charge in [-0.3, -0.25) is 0 Å². The van der Waals surface area contributed by atoms with E-state index in [4.69, 9.17) is 4.74 Å². The Labute approximate surface area is 103 Å². The normalized spacial score (nSPS) is 29.6. The molecule has 1 aromatic carbocycles. The Bertz CT molecular complexity index is 439. The first-order valence-electron chi connectivity index (χ1n) is 6.53. The molecule has 2 bridgehead atoms. The van der Waals surface area contributed by atoms with Crippen molar-refractivity contribution >= 4 is 0 Å². The Morgan fingerprint density at radius 1 is 1.35 bits per heavy atom. The highest BCUT2D eigenvalue weighted by Crippen LogP contribution is 2.50. The van der Waals surface area contributed by atoms with Crippen LogP contribution in [-0.4, -0.2) is 19.7 Å². The largest absolute Gasteiger partial charge is 0.496 e. The van der Waals surface area contributed by atoms with E-state index in [1.807, 2.05) is 0 Å². The van der Waals surface area contributed by atoms with Crippen LogP contribution in [0.1, 0.15) is 37.3 Å². The summed E-state index contributed by atoms with van der Waals surface area (Å²) in [5.74, 6) is 1.74. The van der Waals surface area contributed by atoms with Crippen LogP contribution < -0.4 is 10.1 Å². The van der Waals surface area contributed by atoms with Crippen molar-refractivity contribution in [2.75, 3.05) is 13.7 Å². The fraction of sp³-hybridized carbons (Fsp3) is 0.600. The Balaban J connectivity index is 2.14. The van der Waals surface area contributed by atoms with Crippen LogP contribution in [0.4, 0.5) is 0 Å². The van der Waals surface area contributed by atoms with Gasteiger partial charge in [0, 0.05) is 6.04 Å². The van der Waals surface area contributed by atoms with Crippen molar-refractivity contribution < 1.29 is 4.74 Å². The third-order valence-corrected chi connectivity index (χ3v) is 4.79. The smallest absolute Gasteiger partial charge is 0.122 e. The van der Waals surface area contributed by atoms with Crippen LogP contribution in [0.3, 0.4) is 0 Å². The minimum absolute atomic E-state index is 0.359. The molecule has 1 aliphatic heterocycles. The first kappa shape index (κ1) is 11.1. The lowest BCUT2D eigenvalue weighted by molar-refractivity contribution is 0.128. The predicted molar refractivity (Wildman–Crippen MR) is 69.6 cm³/mol. The molecule has 17 heavy (non-hydrogen) atoms. The van der Waals surface area contributed by atoms with Gasteiger partial charge >= 0.3 is 0 Å². The second-order valence-corrected chi connectivity index (χ2v) is 5.90. The summed E-state index contributed by atoms with van der Waals surface area (Å²) in [6, 6.07) is 7.11. The number of methoxy groups -OCH3 is 1. The molecule has 1 N–H and O–H groups in total. The van der Waals surface area contributed by atoms with Crippen molar-refractivity contribution in [2.45, 2.75) is 38.6 Å². The topological polar surface area (TPSA) is 21.3 Å². The molecule has 0 aromatic heterocycles. The Hall–Kier alpha value is -1.02. The quantitative estimate of drug-likeness (QED) is 0.802. The van der Waals surface area contributed by atoms with Gasteiger partial charge in [-0.2, -0.15) is 0 Å². The number of fused-ring (bicyclic) bond motifs is 4. The van der Waals surface area contributed by atoms with Gasteiger partial charge in [0.25, 0.3) is 0 Å². The maximum Gasteiger partial charge on any atom is 0.122 e. The molecular formula is C15H21NO. The van der Waals surface area contributed by atoms with Gasteiger partial charge in [0.05, 0.1) is 7.11 Å². The zero-order chi connectivity index (χ0) is 12.0. The monoisotopic (exact) mass is 231 g/mol. The summed E-state index contributed by atoms with van der Waals surface area (Å²) in [7, 11) is 1.78. The molecule has 0 radical (unpaired) electrons. The molecule has 92 valence electrons. The second-order valence-electron chi connectivity index (χ2n) is 5.90. The number of hydrogen-bond donors (Lipinski definition) is 1. The molecule has 2 unspecified atom stereocenters. The lowest BCUT2D eigenvalue weighted by atomic mass is 9.60. The summed E-state index contributed by atoms with van der Waals surface area (Å²) >= 11 is 0. The van der Waals surface area contributed by atoms with E-state index in [1.54, 1.807) is 7.11 Å². The Kier molecular flexibility index (Phi) is 2.44. The SMILES string of the molecule is COc1cccc2c1CC1NCCC2C1(C)C. The first-order valence-corrected chi connectivity index (χ1v) is 6.53. The summed E-state index contributed by atoms with van der Waals surface area (Å²) < 4.78 is 5.52. The molecular weight excluding hydrogens is 210 g/mol. The van der Waals surface area contributed by atoms with Crippen molar-refractivity contribution in [1.29, 1.82) is 0 Å². The standard InChI is InChI=1S/C15H21NO/c1-15(2)12-7-8-16-14(15)9-11-10(12)5-4-6-13(11)17-3/h4-6,12,14,16H,7-9H2,1-3H3. The van der Waals surface area contributed by atoms with E-state index >= 15 is 0 Å². The minimum atomic E-state index is 0.359. The van der Waals surface area contributed by atoms with Gasteiger partial charge in [0.15, 0.2) is 0 Å². The predicted octanol–water partition coefficient (Wildman–Crippen LogP) is 2.72. The van der Waals surface area contributed by atoms with Gasteiger partial charge < -0.3 is 10.1 Å². The Morgan fingerprint density at radius 2 is 2.18 bits per heavy atom. The van der Waals surface area contributed by atoms with Crippen LogP contribution in [-0.2, 0) is 6.42 Å². The van der Waals surface area contributed by atoms with Gasteiger partial charge in [-0.05, 0) is 47.9 Å². The second kappa shape index (κ2) is 3.74. The third-order valence-electron chi connectivity index (χ3n) is 4.79. The summed E-state index contributed by atoms with van der Waals surface area (Å²) in [6.45, 7) is 5.95. The molecule has 2 aliphatic rings. The van der Waals surface area contributed by atoms with E-state index in [0.717, 1.165) is 18.7 Å². The molecule has 2 atom stereocenters. The zero-order valence-corrected chi connectivity index (χ0v) is 10.9. The molecule has 2 nitrogen and oxygen atoms in total. The van der Waals surface area contributed by atoms with Crippen molar-refractivity contribution in [3.8, 4) is 5.75 Å². The number of ether oxygens (including phenoxy) is 1. The molecule has 2 heteroatoms. The zero-order valence-electron chi connectivity index (χ0n) is 10.9.